The molecule has 0 atom stereocenters. The molecule has 2 aromatic heterocycles. The van der Waals surface area contributed by atoms with Gasteiger partial charge in [-0.3, -0.25) is 9.89 Å². The van der Waals surface area contributed by atoms with E-state index in [1.165, 1.54) is 0 Å². The minimum Gasteiger partial charge on any atom is -0.354 e. The first kappa shape index (κ1) is 15.6. The molecule has 2 N–H and O–H groups in total. The van der Waals surface area contributed by atoms with Crippen LogP contribution in [-0.4, -0.2) is 59.2 Å². The van der Waals surface area contributed by atoms with Gasteiger partial charge in [0.2, 0.25) is 0 Å². The zero-order valence-corrected chi connectivity index (χ0v) is 14.1. The average Bonchev–Trinajstić information content (AvgIpc) is 3.10. The topological polar surface area (TPSA) is 77.1 Å². The van der Waals surface area contributed by atoms with Crippen molar-refractivity contribution in [3.63, 3.8) is 0 Å². The number of fused-ring (bicyclic) bond motifs is 1. The van der Waals surface area contributed by atoms with E-state index in [1.807, 2.05) is 30.3 Å². The van der Waals surface area contributed by atoms with Crippen LogP contribution in [-0.2, 0) is 0 Å². The molecular weight excluding hydrogens is 316 g/mol. The number of carbonyl (C=O) groups is 1. The number of benzene rings is 1. The first-order valence-corrected chi connectivity index (χ1v) is 8.33. The lowest BCUT2D eigenvalue weighted by Crippen LogP contribution is -2.44. The van der Waals surface area contributed by atoms with Crippen LogP contribution < -0.4 is 10.2 Å². The normalized spacial score (nSPS) is 15.5. The van der Waals surface area contributed by atoms with Crippen LogP contribution in [0.25, 0.3) is 10.9 Å². The molecule has 3 heterocycles. The first-order chi connectivity index (χ1) is 12.2. The molecule has 7 heteroatoms. The molecule has 4 rings (SSSR count). The third-order valence-corrected chi connectivity index (χ3v) is 4.54. The van der Waals surface area contributed by atoms with Crippen molar-refractivity contribution in [3.8, 4) is 0 Å². The summed E-state index contributed by atoms with van der Waals surface area (Å²) in [5.41, 5.74) is 2.16. The van der Waals surface area contributed by atoms with Crippen molar-refractivity contribution in [2.24, 2.45) is 0 Å². The molecule has 0 radical (unpaired) electrons. The van der Waals surface area contributed by atoms with E-state index in [0.717, 1.165) is 48.6 Å². The minimum atomic E-state index is -0.170. The van der Waals surface area contributed by atoms with E-state index in [2.05, 4.69) is 37.3 Å². The summed E-state index contributed by atoms with van der Waals surface area (Å²) in [6, 6.07) is 9.39. The quantitative estimate of drug-likeness (QED) is 0.765. The van der Waals surface area contributed by atoms with Gasteiger partial charge in [0.25, 0.3) is 5.91 Å². The second-order valence-electron chi connectivity index (χ2n) is 6.32. The van der Waals surface area contributed by atoms with Gasteiger partial charge in [0.05, 0.1) is 17.3 Å². The number of hydrogen-bond acceptors (Lipinski definition) is 5. The second kappa shape index (κ2) is 6.52. The summed E-state index contributed by atoms with van der Waals surface area (Å²) in [4.78, 5) is 21.4. The Labute approximate surface area is 145 Å². The number of hydrogen-bond donors (Lipinski definition) is 2. The van der Waals surface area contributed by atoms with Crippen molar-refractivity contribution in [3.05, 3.63) is 48.3 Å². The fourth-order valence-corrected chi connectivity index (χ4v) is 2.96. The molecule has 0 saturated carbocycles. The van der Waals surface area contributed by atoms with Gasteiger partial charge in [-0.25, -0.2) is 4.98 Å². The lowest BCUT2D eigenvalue weighted by atomic mass is 10.2. The SMILES string of the molecule is CN1CCN(c2ccc(C(=O)Nc3ccc4cn[nH]c4c3)cn2)CC1. The third kappa shape index (κ3) is 3.32. The maximum absolute atomic E-state index is 12.4. The van der Waals surface area contributed by atoms with Gasteiger partial charge in [-0.1, -0.05) is 0 Å². The summed E-state index contributed by atoms with van der Waals surface area (Å²) in [6.07, 6.45) is 3.39. The Balaban J connectivity index is 1.44. The van der Waals surface area contributed by atoms with E-state index in [9.17, 15) is 4.79 Å². The number of anilines is 2. The number of H-pyrrole nitrogens is 1. The molecule has 0 unspecified atom stereocenters. The van der Waals surface area contributed by atoms with Gasteiger partial charge >= 0.3 is 0 Å². The number of pyridine rings is 1. The molecule has 0 bridgehead atoms. The monoisotopic (exact) mass is 336 g/mol. The van der Waals surface area contributed by atoms with Gasteiger partial charge in [0.1, 0.15) is 5.82 Å². The Morgan fingerprint density at radius 2 is 1.96 bits per heavy atom. The zero-order chi connectivity index (χ0) is 17.2. The molecule has 128 valence electrons. The lowest BCUT2D eigenvalue weighted by molar-refractivity contribution is 0.102. The maximum Gasteiger partial charge on any atom is 0.257 e. The van der Waals surface area contributed by atoms with E-state index < -0.39 is 0 Å². The molecule has 0 spiro atoms. The number of rotatable bonds is 3. The largest absolute Gasteiger partial charge is 0.354 e. The first-order valence-electron chi connectivity index (χ1n) is 8.33. The molecular formula is C18H20N6O. The van der Waals surface area contributed by atoms with Crippen molar-refractivity contribution >= 4 is 28.3 Å². The molecule has 1 amide bonds. The molecule has 25 heavy (non-hydrogen) atoms. The number of aromatic amines is 1. The molecule has 3 aromatic rings. The highest BCUT2D eigenvalue weighted by Crippen LogP contribution is 2.18. The highest BCUT2D eigenvalue weighted by Gasteiger charge is 2.16. The number of likely N-dealkylation sites (N-methyl/N-ethyl adjacent to an activating group) is 1. The van der Waals surface area contributed by atoms with Crippen LogP contribution in [0, 0.1) is 0 Å². The van der Waals surface area contributed by atoms with E-state index >= 15 is 0 Å². The van der Waals surface area contributed by atoms with Crippen molar-refractivity contribution in [2.75, 3.05) is 43.4 Å². The summed E-state index contributed by atoms with van der Waals surface area (Å²) in [6.45, 7) is 3.97. The predicted molar refractivity (Wildman–Crippen MR) is 98.0 cm³/mol. The maximum atomic E-state index is 12.4. The van der Waals surface area contributed by atoms with Gasteiger partial charge < -0.3 is 15.1 Å². The van der Waals surface area contributed by atoms with Gasteiger partial charge in [-0.15, -0.1) is 0 Å². The van der Waals surface area contributed by atoms with Gasteiger partial charge in [0.15, 0.2) is 0 Å². The summed E-state index contributed by atoms with van der Waals surface area (Å²) >= 11 is 0. The third-order valence-electron chi connectivity index (χ3n) is 4.54. The van der Waals surface area contributed by atoms with E-state index in [4.69, 9.17) is 0 Å². The fourth-order valence-electron chi connectivity index (χ4n) is 2.96. The molecule has 1 saturated heterocycles. The highest BCUT2D eigenvalue weighted by molar-refractivity contribution is 6.04. The van der Waals surface area contributed by atoms with Crippen LogP contribution in [0.4, 0.5) is 11.5 Å². The Morgan fingerprint density at radius 3 is 2.72 bits per heavy atom. The van der Waals surface area contributed by atoms with Crippen LogP contribution in [0.3, 0.4) is 0 Å². The summed E-state index contributed by atoms with van der Waals surface area (Å²) in [5, 5.41) is 10.8. The fraction of sp³-hybridized carbons (Fsp3) is 0.278. The molecule has 1 aromatic carbocycles. The number of amides is 1. The second-order valence-corrected chi connectivity index (χ2v) is 6.32. The van der Waals surface area contributed by atoms with Crippen molar-refractivity contribution < 1.29 is 4.79 Å². The number of nitrogens with one attached hydrogen (secondary N) is 2. The molecule has 1 fully saturated rings. The van der Waals surface area contributed by atoms with Gasteiger partial charge in [-0.05, 0) is 37.4 Å². The van der Waals surface area contributed by atoms with E-state index in [1.54, 1.807) is 12.4 Å². The van der Waals surface area contributed by atoms with Gasteiger partial charge in [0, 0.05) is 43.4 Å². The number of carbonyl (C=O) groups excluding carboxylic acids is 1. The van der Waals surface area contributed by atoms with E-state index in [0.29, 0.717) is 5.56 Å². The van der Waals surface area contributed by atoms with Crippen LogP contribution in [0.1, 0.15) is 10.4 Å². The molecule has 1 aliphatic rings. The highest BCUT2D eigenvalue weighted by atomic mass is 16.1. The molecule has 1 aliphatic heterocycles. The zero-order valence-electron chi connectivity index (χ0n) is 14.1. The molecule has 0 aliphatic carbocycles. The lowest BCUT2D eigenvalue weighted by Gasteiger charge is -2.33. The predicted octanol–water partition coefficient (Wildman–Crippen LogP) is 1.96. The van der Waals surface area contributed by atoms with Crippen LogP contribution >= 0.6 is 0 Å². The Morgan fingerprint density at radius 1 is 1.12 bits per heavy atom. The van der Waals surface area contributed by atoms with Crippen LogP contribution in [0.15, 0.2) is 42.7 Å². The van der Waals surface area contributed by atoms with Crippen molar-refractivity contribution in [1.29, 1.82) is 0 Å². The average molecular weight is 336 g/mol. The van der Waals surface area contributed by atoms with Crippen LogP contribution in [0.5, 0.6) is 0 Å². The number of nitrogens with zero attached hydrogens (tertiary/aromatic N) is 4. The summed E-state index contributed by atoms with van der Waals surface area (Å²) < 4.78 is 0. The van der Waals surface area contributed by atoms with Gasteiger partial charge in [-0.2, -0.15) is 5.10 Å². The smallest absolute Gasteiger partial charge is 0.257 e. The Hall–Kier alpha value is -2.93. The minimum absolute atomic E-state index is 0.170. The van der Waals surface area contributed by atoms with Crippen LogP contribution in [0.2, 0.25) is 0 Å². The summed E-state index contributed by atoms with van der Waals surface area (Å²) in [7, 11) is 2.12. The number of aromatic nitrogens is 3. The summed E-state index contributed by atoms with van der Waals surface area (Å²) in [5.74, 6) is 0.750. The van der Waals surface area contributed by atoms with E-state index in [-0.39, 0.29) is 5.91 Å². The van der Waals surface area contributed by atoms with Crippen molar-refractivity contribution in [2.45, 2.75) is 0 Å². The Bertz CT molecular complexity index is 880. The standard InChI is InChI=1S/C18H20N6O/c1-23-6-8-24(9-7-23)17-5-3-14(11-19-17)18(25)21-15-4-2-13-12-20-22-16(13)10-15/h2-5,10-12H,6-9H2,1H3,(H,20,22)(H,21,25). The number of piperazine rings is 1. The molecule has 7 nitrogen and oxygen atoms in total. The Kier molecular flexibility index (Phi) is 4.07. The van der Waals surface area contributed by atoms with Crippen molar-refractivity contribution in [1.82, 2.24) is 20.1 Å².